The molecule has 0 aliphatic heterocycles. The highest BCUT2D eigenvalue weighted by molar-refractivity contribution is 7.92. The monoisotopic (exact) mass is 642 g/mol. The van der Waals surface area contributed by atoms with E-state index >= 15 is 0 Å². The smallest absolute Gasteiger partial charge is 0.282 e. The van der Waals surface area contributed by atoms with Gasteiger partial charge in [-0.05, 0) is 66.2 Å². The van der Waals surface area contributed by atoms with Crippen molar-refractivity contribution in [3.8, 4) is 16.9 Å². The van der Waals surface area contributed by atoms with Crippen molar-refractivity contribution < 1.29 is 26.7 Å². The Kier molecular flexibility index (Phi) is 7.64. The topological polar surface area (TPSA) is 206 Å². The number of carbonyl (C=O) groups is 1. The molecule has 0 saturated carbocycles. The highest BCUT2D eigenvalue weighted by Crippen LogP contribution is 2.36. The molecule has 0 bridgehead atoms. The number of phenolic OH excluding ortho intramolecular Hbond substituents is 1. The van der Waals surface area contributed by atoms with Gasteiger partial charge in [-0.15, -0.1) is 0 Å². The molecule has 16 heteroatoms. The molecule has 0 unspecified atom stereocenters. The number of sulfonamides is 2. The van der Waals surface area contributed by atoms with Crippen LogP contribution in [0.4, 0.5) is 11.5 Å². The second-order valence-electron chi connectivity index (χ2n) is 9.46. The van der Waals surface area contributed by atoms with Crippen LogP contribution in [-0.4, -0.2) is 48.6 Å². The SMILES string of the molecule is CS(=O)(=O)Nc1cc(S(=O)(=O)NC(=O)c2c(-c3ccc[nH]c3=O)c3cc(Cl)ccc3n2Cc2ccnc(N)c2)ccc1O. The molecule has 0 atom stereocenters. The summed E-state index contributed by atoms with van der Waals surface area (Å²) < 4.78 is 55.8. The van der Waals surface area contributed by atoms with Gasteiger partial charge in [-0.25, -0.2) is 26.5 Å². The van der Waals surface area contributed by atoms with Gasteiger partial charge in [-0.2, -0.15) is 0 Å². The molecule has 5 aromatic rings. The Labute approximate surface area is 250 Å². The number of anilines is 2. The van der Waals surface area contributed by atoms with Gasteiger partial charge >= 0.3 is 0 Å². The third-order valence-corrected chi connectivity index (χ3v) is 8.47. The zero-order chi connectivity index (χ0) is 31.1. The summed E-state index contributed by atoms with van der Waals surface area (Å²) in [4.78, 5) is 33.0. The van der Waals surface area contributed by atoms with E-state index in [0.29, 0.717) is 21.5 Å². The second-order valence-corrected chi connectivity index (χ2v) is 13.3. The molecular weight excluding hydrogens is 620 g/mol. The van der Waals surface area contributed by atoms with Gasteiger partial charge < -0.3 is 20.4 Å². The molecular formula is C27H23ClN6O7S2. The lowest BCUT2D eigenvalue weighted by molar-refractivity contribution is 0.0974. The molecule has 13 nitrogen and oxygen atoms in total. The molecule has 3 heterocycles. The number of nitrogens with one attached hydrogen (secondary N) is 3. The summed E-state index contributed by atoms with van der Waals surface area (Å²) >= 11 is 6.31. The third kappa shape index (κ3) is 6.18. The molecule has 222 valence electrons. The minimum atomic E-state index is -4.65. The van der Waals surface area contributed by atoms with Crippen LogP contribution < -0.4 is 20.7 Å². The maximum Gasteiger partial charge on any atom is 0.282 e. The predicted octanol–water partition coefficient (Wildman–Crippen LogP) is 2.87. The number of aromatic amines is 1. The first-order chi connectivity index (χ1) is 20.2. The highest BCUT2D eigenvalue weighted by Gasteiger charge is 2.29. The molecule has 2 aromatic carbocycles. The number of rotatable bonds is 8. The van der Waals surface area contributed by atoms with Crippen molar-refractivity contribution in [2.24, 2.45) is 0 Å². The Balaban J connectivity index is 1.71. The van der Waals surface area contributed by atoms with Crippen LogP contribution in [0.1, 0.15) is 16.1 Å². The normalized spacial score (nSPS) is 11.9. The number of benzene rings is 2. The molecule has 6 N–H and O–H groups in total. The molecule has 0 spiro atoms. The van der Waals surface area contributed by atoms with Crippen LogP contribution in [0.3, 0.4) is 0 Å². The number of aromatic hydroxyl groups is 1. The van der Waals surface area contributed by atoms with Gasteiger partial charge in [0, 0.05) is 46.0 Å². The molecule has 0 aliphatic rings. The number of nitrogen functional groups attached to an aromatic ring is 1. The number of phenols is 1. The first-order valence-corrected chi connectivity index (χ1v) is 16.1. The van der Waals surface area contributed by atoms with Gasteiger partial charge in [0.15, 0.2) is 0 Å². The Morgan fingerprint density at radius 1 is 1.09 bits per heavy atom. The number of nitrogens with two attached hydrogens (primary N) is 1. The summed E-state index contributed by atoms with van der Waals surface area (Å²) in [5, 5.41) is 10.7. The van der Waals surface area contributed by atoms with Gasteiger partial charge in [0.1, 0.15) is 17.3 Å². The van der Waals surface area contributed by atoms with Crippen molar-refractivity contribution in [1.29, 1.82) is 0 Å². The molecule has 1 amide bonds. The van der Waals surface area contributed by atoms with Gasteiger partial charge in [0.25, 0.3) is 21.5 Å². The number of aromatic nitrogens is 3. The average Bonchev–Trinajstić information content (AvgIpc) is 3.22. The standard InChI is InChI=1S/C27H23ClN6O7S2/c1-42(38,39)32-20-13-17(5-7-22(20)35)43(40,41)33-27(37)25-24(18-3-2-9-31-26(18)36)19-12-16(28)4-6-21(19)34(25)14-15-8-10-30-23(29)11-15/h2-13,32,35H,14H2,1H3,(H2,29,30)(H,31,36)(H,33,37). The van der Waals surface area contributed by atoms with E-state index in [4.69, 9.17) is 17.3 Å². The number of H-pyrrole nitrogens is 1. The molecule has 0 radical (unpaired) electrons. The van der Waals surface area contributed by atoms with Gasteiger partial charge in [0.2, 0.25) is 10.0 Å². The van der Waals surface area contributed by atoms with Crippen LogP contribution in [0, 0.1) is 0 Å². The number of halogens is 1. The van der Waals surface area contributed by atoms with E-state index in [0.717, 1.165) is 24.5 Å². The van der Waals surface area contributed by atoms with E-state index in [1.807, 2.05) is 9.44 Å². The fraction of sp³-hybridized carbons (Fsp3) is 0.0741. The van der Waals surface area contributed by atoms with Crippen LogP contribution in [-0.2, 0) is 26.6 Å². The van der Waals surface area contributed by atoms with Crippen molar-refractivity contribution in [3.63, 3.8) is 0 Å². The van der Waals surface area contributed by atoms with Crippen LogP contribution in [0.2, 0.25) is 5.02 Å². The van der Waals surface area contributed by atoms with E-state index in [1.165, 1.54) is 23.0 Å². The maximum atomic E-state index is 14.0. The van der Waals surface area contributed by atoms with E-state index in [2.05, 4.69) is 9.97 Å². The maximum absolute atomic E-state index is 14.0. The number of hydrogen-bond acceptors (Lipinski definition) is 9. The molecule has 43 heavy (non-hydrogen) atoms. The van der Waals surface area contributed by atoms with E-state index < -0.39 is 47.8 Å². The van der Waals surface area contributed by atoms with Gasteiger partial charge in [0.05, 0.1) is 16.8 Å². The van der Waals surface area contributed by atoms with Crippen LogP contribution >= 0.6 is 11.6 Å². The molecule has 5 rings (SSSR count). The van der Waals surface area contributed by atoms with Crippen molar-refractivity contribution in [1.82, 2.24) is 19.3 Å². The number of pyridine rings is 2. The third-order valence-electron chi connectivity index (χ3n) is 6.31. The zero-order valence-corrected chi connectivity index (χ0v) is 24.6. The quantitative estimate of drug-likeness (QED) is 0.157. The van der Waals surface area contributed by atoms with Gasteiger partial charge in [-0.1, -0.05) is 11.6 Å². The van der Waals surface area contributed by atoms with Crippen LogP contribution in [0.15, 0.2) is 82.7 Å². The average molecular weight is 643 g/mol. The summed E-state index contributed by atoms with van der Waals surface area (Å²) in [6.45, 7) is 0.0278. The minimum absolute atomic E-state index is 0.0278. The first kappa shape index (κ1) is 29.6. The number of fused-ring (bicyclic) bond motifs is 1. The van der Waals surface area contributed by atoms with Gasteiger partial charge in [-0.3, -0.25) is 14.3 Å². The number of nitrogens with zero attached hydrogens (tertiary/aromatic N) is 2. The van der Waals surface area contributed by atoms with Crippen molar-refractivity contribution in [2.45, 2.75) is 11.4 Å². The summed E-state index contributed by atoms with van der Waals surface area (Å²) in [5.74, 6) is -1.41. The molecule has 0 aliphatic carbocycles. The number of amides is 1. The fourth-order valence-electron chi connectivity index (χ4n) is 4.59. The largest absolute Gasteiger partial charge is 0.506 e. The van der Waals surface area contributed by atoms with E-state index in [1.54, 1.807) is 36.4 Å². The Morgan fingerprint density at radius 2 is 1.86 bits per heavy atom. The number of hydrogen-bond donors (Lipinski definition) is 5. The summed E-state index contributed by atoms with van der Waals surface area (Å²) in [7, 11) is -8.53. The summed E-state index contributed by atoms with van der Waals surface area (Å²) in [6, 6.07) is 13.9. The van der Waals surface area contributed by atoms with Crippen molar-refractivity contribution in [3.05, 3.63) is 99.7 Å². The Hall–Kier alpha value is -4.86. The van der Waals surface area contributed by atoms with Crippen molar-refractivity contribution >= 4 is 60.0 Å². The second kappa shape index (κ2) is 11.1. The van der Waals surface area contributed by atoms with E-state index in [9.17, 15) is 31.5 Å². The highest BCUT2D eigenvalue weighted by atomic mass is 35.5. The van der Waals surface area contributed by atoms with Crippen LogP contribution in [0.5, 0.6) is 5.75 Å². The Morgan fingerprint density at radius 3 is 2.56 bits per heavy atom. The lowest BCUT2D eigenvalue weighted by Gasteiger charge is -2.14. The molecule has 0 fully saturated rings. The molecule has 0 saturated heterocycles. The van der Waals surface area contributed by atoms with Crippen LogP contribution in [0.25, 0.3) is 22.0 Å². The van der Waals surface area contributed by atoms with E-state index in [-0.39, 0.29) is 29.2 Å². The lowest BCUT2D eigenvalue weighted by Crippen LogP contribution is -2.33. The lowest BCUT2D eigenvalue weighted by atomic mass is 10.0. The Bertz CT molecular complexity index is 2200. The predicted molar refractivity (Wildman–Crippen MR) is 162 cm³/mol. The minimum Gasteiger partial charge on any atom is -0.506 e. The number of carbonyl (C=O) groups excluding carboxylic acids is 1. The summed E-state index contributed by atoms with van der Waals surface area (Å²) in [6.07, 6.45) is 3.71. The first-order valence-electron chi connectivity index (χ1n) is 12.3. The fourth-order valence-corrected chi connectivity index (χ4v) is 6.30. The zero-order valence-electron chi connectivity index (χ0n) is 22.2. The summed E-state index contributed by atoms with van der Waals surface area (Å²) in [5.41, 5.74) is 6.03. The van der Waals surface area contributed by atoms with Crippen molar-refractivity contribution in [2.75, 3.05) is 16.7 Å². The molecule has 3 aromatic heterocycles.